The minimum Gasteiger partial charge on any atom is -0.366 e. The molecule has 0 saturated carbocycles. The second kappa shape index (κ2) is 4.19. The van der Waals surface area contributed by atoms with Crippen LogP contribution in [0.4, 0.5) is 0 Å². The Bertz CT molecular complexity index is 734. The lowest BCUT2D eigenvalue weighted by atomic mass is 10.2. The first-order valence-electron chi connectivity index (χ1n) is 6.35. The summed E-state index contributed by atoms with van der Waals surface area (Å²) in [6, 6.07) is 1.07. The van der Waals surface area contributed by atoms with E-state index in [1.807, 2.05) is 0 Å². The van der Waals surface area contributed by atoms with Crippen molar-refractivity contribution >= 4 is 11.8 Å². The fraction of sp³-hybridized carbons (Fsp3) is 0.308. The van der Waals surface area contributed by atoms with Gasteiger partial charge in [0.25, 0.3) is 11.8 Å². The molecule has 3 rings (SSSR count). The third kappa shape index (κ3) is 1.91. The number of carbonyl (C=O) groups is 2. The van der Waals surface area contributed by atoms with Crippen molar-refractivity contribution in [1.82, 2.24) is 9.58 Å². The molecule has 0 aliphatic carbocycles. The Hall–Kier alpha value is -2.61. The van der Waals surface area contributed by atoms with Gasteiger partial charge in [0.2, 0.25) is 0 Å². The largest absolute Gasteiger partial charge is 0.366 e. The molecule has 110 valence electrons. The summed E-state index contributed by atoms with van der Waals surface area (Å²) in [5, 5.41) is 12.0. The highest BCUT2D eigenvalue weighted by Gasteiger charge is 2.38. The summed E-state index contributed by atoms with van der Waals surface area (Å²) in [7, 11) is 0. The highest BCUT2D eigenvalue weighted by atomic mass is 16.3. The van der Waals surface area contributed by atoms with Gasteiger partial charge in [-0.1, -0.05) is 6.08 Å². The number of nitrogens with zero attached hydrogens (tertiary/aromatic N) is 3. The summed E-state index contributed by atoms with van der Waals surface area (Å²) in [4.78, 5) is 37.0. The van der Waals surface area contributed by atoms with Crippen LogP contribution in [0, 0.1) is 0 Å². The van der Waals surface area contributed by atoms with Gasteiger partial charge in [-0.3, -0.25) is 24.1 Å². The fourth-order valence-electron chi connectivity index (χ4n) is 2.52. The summed E-state index contributed by atoms with van der Waals surface area (Å²) in [5.74, 6) is -1.23. The van der Waals surface area contributed by atoms with E-state index in [2.05, 4.69) is 0 Å². The quantitative estimate of drug-likeness (QED) is 0.617. The number of hydrogen-bond acceptors (Lipinski definition) is 5. The van der Waals surface area contributed by atoms with Gasteiger partial charge in [0.05, 0.1) is 0 Å². The van der Waals surface area contributed by atoms with Crippen LogP contribution in [0.2, 0.25) is 0 Å². The van der Waals surface area contributed by atoms with Gasteiger partial charge in [-0.25, -0.2) is 0 Å². The van der Waals surface area contributed by atoms with Crippen LogP contribution in [-0.2, 0) is 0 Å². The number of hydrogen-bond donors (Lipinski definition) is 2. The Labute approximate surface area is 119 Å². The van der Waals surface area contributed by atoms with Crippen LogP contribution in [0.25, 0.3) is 0 Å². The van der Waals surface area contributed by atoms with Crippen LogP contribution in [0.15, 0.2) is 29.2 Å². The molecule has 8 nitrogen and oxygen atoms in total. The molecular formula is C13H14N4O4. The third-order valence-corrected chi connectivity index (χ3v) is 3.65. The van der Waals surface area contributed by atoms with Crippen molar-refractivity contribution in [2.24, 2.45) is 5.73 Å². The zero-order chi connectivity index (χ0) is 15.4. The van der Waals surface area contributed by atoms with Crippen molar-refractivity contribution in [2.75, 3.05) is 18.2 Å². The Kier molecular flexibility index (Phi) is 2.67. The van der Waals surface area contributed by atoms with Gasteiger partial charge in [-0.15, -0.1) is 0 Å². The Balaban J connectivity index is 2.27. The smallest absolute Gasteiger partial charge is 0.274 e. The lowest BCUT2D eigenvalue weighted by Gasteiger charge is -2.43. The molecule has 2 bridgehead atoms. The van der Waals surface area contributed by atoms with E-state index in [9.17, 15) is 19.5 Å². The monoisotopic (exact) mass is 290 g/mol. The Morgan fingerprint density at radius 1 is 1.43 bits per heavy atom. The summed E-state index contributed by atoms with van der Waals surface area (Å²) < 4.78 is 1.32. The molecule has 21 heavy (non-hydrogen) atoms. The van der Waals surface area contributed by atoms with Crippen LogP contribution in [-0.4, -0.2) is 45.4 Å². The number of carbonyl (C=O) groups excluding carboxylic acids is 2. The predicted octanol–water partition coefficient (Wildman–Crippen LogP) is -1.42. The fourth-order valence-corrected chi connectivity index (χ4v) is 2.52. The van der Waals surface area contributed by atoms with Crippen molar-refractivity contribution in [3.8, 4) is 0 Å². The van der Waals surface area contributed by atoms with Crippen LogP contribution in [0.3, 0.4) is 0 Å². The average Bonchev–Trinajstić information content (AvgIpc) is 2.53. The number of aliphatic hydroxyl groups is 1. The number of fused-ring (bicyclic) bond motifs is 4. The maximum Gasteiger partial charge on any atom is 0.274 e. The van der Waals surface area contributed by atoms with Crippen LogP contribution in [0.5, 0.6) is 0 Å². The number of amides is 2. The normalized spacial score (nSPS) is 23.8. The standard InChI is InChI=1S/C13H14N4O4/c1-13(21)3-2-4-15-7-17(13)16-6-8(11(14)19)10(18)5-9(16)12(15)20/h2-3,5-6,21H,4,7H2,1H3,(H2,14,19). The van der Waals surface area contributed by atoms with Crippen LogP contribution < -0.4 is 16.2 Å². The molecule has 0 aromatic carbocycles. The Morgan fingerprint density at radius 2 is 2.14 bits per heavy atom. The van der Waals surface area contributed by atoms with Gasteiger partial charge in [-0.05, 0) is 13.0 Å². The molecular weight excluding hydrogens is 276 g/mol. The van der Waals surface area contributed by atoms with Crippen LogP contribution >= 0.6 is 0 Å². The first-order valence-corrected chi connectivity index (χ1v) is 6.35. The SMILES string of the molecule is CC1(O)C=CCN2CN1n1cc(C(N)=O)c(=O)cc1C2=O. The van der Waals surface area contributed by atoms with E-state index >= 15 is 0 Å². The number of rotatable bonds is 1. The van der Waals surface area contributed by atoms with Crippen LogP contribution in [0.1, 0.15) is 27.8 Å². The lowest BCUT2D eigenvalue weighted by molar-refractivity contribution is 0.0454. The van der Waals surface area contributed by atoms with Crippen molar-refractivity contribution in [1.29, 1.82) is 0 Å². The van der Waals surface area contributed by atoms with E-state index in [0.717, 1.165) is 6.07 Å². The third-order valence-electron chi connectivity index (χ3n) is 3.65. The molecule has 1 unspecified atom stereocenters. The zero-order valence-corrected chi connectivity index (χ0v) is 11.3. The van der Waals surface area contributed by atoms with E-state index in [4.69, 9.17) is 5.73 Å². The molecule has 3 N–H and O–H groups in total. The van der Waals surface area contributed by atoms with Gasteiger partial charge >= 0.3 is 0 Å². The van der Waals surface area contributed by atoms with Gasteiger partial charge in [-0.2, -0.15) is 0 Å². The number of nitrogens with two attached hydrogens (primary N) is 1. The maximum atomic E-state index is 12.3. The first-order chi connectivity index (χ1) is 9.81. The molecule has 2 amide bonds. The highest BCUT2D eigenvalue weighted by Crippen LogP contribution is 2.23. The molecule has 8 heteroatoms. The topological polar surface area (TPSA) is 109 Å². The van der Waals surface area contributed by atoms with Crippen molar-refractivity contribution in [3.05, 3.63) is 45.9 Å². The molecule has 0 saturated heterocycles. The second-order valence-corrected chi connectivity index (χ2v) is 5.21. The molecule has 1 atom stereocenters. The molecule has 3 heterocycles. The van der Waals surface area contributed by atoms with Crippen molar-refractivity contribution in [3.63, 3.8) is 0 Å². The minimum absolute atomic E-state index is 0.0835. The molecule has 0 spiro atoms. The average molecular weight is 290 g/mol. The number of primary amides is 1. The van der Waals surface area contributed by atoms with Gasteiger partial charge in [0.15, 0.2) is 11.2 Å². The van der Waals surface area contributed by atoms with Gasteiger partial charge < -0.3 is 15.7 Å². The highest BCUT2D eigenvalue weighted by molar-refractivity contribution is 5.96. The van der Waals surface area contributed by atoms with E-state index < -0.39 is 17.1 Å². The molecule has 0 fully saturated rings. The molecule has 2 aliphatic rings. The summed E-state index contributed by atoms with van der Waals surface area (Å²) in [5.41, 5.74) is 3.04. The lowest BCUT2D eigenvalue weighted by Crippen LogP contribution is -2.61. The second-order valence-electron chi connectivity index (χ2n) is 5.21. The predicted molar refractivity (Wildman–Crippen MR) is 73.1 cm³/mol. The van der Waals surface area contributed by atoms with E-state index in [1.54, 1.807) is 19.1 Å². The van der Waals surface area contributed by atoms with Gasteiger partial charge in [0, 0.05) is 18.8 Å². The molecule has 0 radical (unpaired) electrons. The molecule has 2 aliphatic heterocycles. The van der Waals surface area contributed by atoms with Crippen molar-refractivity contribution in [2.45, 2.75) is 12.6 Å². The summed E-state index contributed by atoms with van der Waals surface area (Å²) in [6.07, 6.45) is 4.43. The number of pyridine rings is 1. The van der Waals surface area contributed by atoms with E-state index in [-0.39, 0.29) is 23.8 Å². The molecule has 1 aromatic rings. The molecule has 1 aromatic heterocycles. The summed E-state index contributed by atoms with van der Waals surface area (Å²) >= 11 is 0. The number of aromatic nitrogens is 1. The first kappa shape index (κ1) is 13.4. The summed E-state index contributed by atoms with van der Waals surface area (Å²) in [6.45, 7) is 2.01. The van der Waals surface area contributed by atoms with Crippen molar-refractivity contribution < 1.29 is 14.7 Å². The minimum atomic E-state index is -1.37. The zero-order valence-electron chi connectivity index (χ0n) is 11.3. The van der Waals surface area contributed by atoms with E-state index in [0.29, 0.717) is 6.54 Å². The van der Waals surface area contributed by atoms with E-state index in [1.165, 1.54) is 20.8 Å². The maximum absolute atomic E-state index is 12.3. The van der Waals surface area contributed by atoms with Gasteiger partial charge in [0.1, 0.15) is 17.9 Å². The Morgan fingerprint density at radius 3 is 2.81 bits per heavy atom.